The van der Waals surface area contributed by atoms with Crippen molar-refractivity contribution < 1.29 is 9.53 Å². The van der Waals surface area contributed by atoms with E-state index in [1.54, 1.807) is 4.57 Å². The summed E-state index contributed by atoms with van der Waals surface area (Å²) < 4.78 is 7.50. The Kier molecular flexibility index (Phi) is 5.95. The Balaban J connectivity index is 1.40. The number of halogens is 1. The van der Waals surface area contributed by atoms with E-state index < -0.39 is 0 Å². The summed E-state index contributed by atoms with van der Waals surface area (Å²) in [4.78, 5) is 29.1. The lowest BCUT2D eigenvalue weighted by atomic mass is 10.2. The molecule has 0 atom stereocenters. The summed E-state index contributed by atoms with van der Waals surface area (Å²) in [5.74, 6) is 0.378. The van der Waals surface area contributed by atoms with Crippen LogP contribution in [-0.4, -0.2) is 48.2 Å². The highest BCUT2D eigenvalue weighted by Crippen LogP contribution is 2.24. The standard InChI is InChI=1S/C23H24ClN3O3/c1-2-27-20-6-4-3-5-19(20)21(15-22(27)28)30-16-23(29)26-13-11-25(12-14-26)18-9-7-17(24)8-10-18/h3-10,15H,2,11-14,16H2,1H3. The smallest absolute Gasteiger partial charge is 0.260 e. The van der Waals surface area contributed by atoms with E-state index >= 15 is 0 Å². The first-order valence-electron chi connectivity index (χ1n) is 10.1. The molecule has 6 nitrogen and oxygen atoms in total. The average Bonchev–Trinajstić information content (AvgIpc) is 2.78. The number of para-hydroxylation sites is 1. The van der Waals surface area contributed by atoms with Crippen molar-refractivity contribution in [2.24, 2.45) is 0 Å². The van der Waals surface area contributed by atoms with Gasteiger partial charge in [0, 0.05) is 54.9 Å². The molecule has 4 rings (SSSR count). The number of piperazine rings is 1. The Bertz CT molecular complexity index is 1100. The number of fused-ring (bicyclic) bond motifs is 1. The molecular formula is C23H24ClN3O3. The van der Waals surface area contributed by atoms with Gasteiger partial charge in [0.15, 0.2) is 6.61 Å². The number of carbonyl (C=O) groups is 1. The van der Waals surface area contributed by atoms with Crippen molar-refractivity contribution >= 4 is 34.1 Å². The van der Waals surface area contributed by atoms with E-state index in [0.29, 0.717) is 30.4 Å². The van der Waals surface area contributed by atoms with E-state index in [9.17, 15) is 9.59 Å². The van der Waals surface area contributed by atoms with E-state index in [1.165, 1.54) is 6.07 Å². The number of aromatic nitrogens is 1. The molecule has 1 amide bonds. The molecule has 0 aliphatic carbocycles. The second kappa shape index (κ2) is 8.79. The number of ether oxygens (including phenoxy) is 1. The van der Waals surface area contributed by atoms with Gasteiger partial charge in [-0.05, 0) is 43.3 Å². The van der Waals surface area contributed by atoms with Gasteiger partial charge >= 0.3 is 0 Å². The van der Waals surface area contributed by atoms with Gasteiger partial charge in [0.1, 0.15) is 5.75 Å². The number of amides is 1. The number of rotatable bonds is 5. The molecule has 30 heavy (non-hydrogen) atoms. The quantitative estimate of drug-likeness (QED) is 0.628. The van der Waals surface area contributed by atoms with Crippen LogP contribution in [0.15, 0.2) is 59.4 Å². The Hall–Kier alpha value is -2.99. The number of anilines is 1. The van der Waals surface area contributed by atoms with Gasteiger partial charge in [0.2, 0.25) is 0 Å². The molecule has 1 saturated heterocycles. The van der Waals surface area contributed by atoms with Gasteiger partial charge < -0.3 is 19.1 Å². The summed E-state index contributed by atoms with van der Waals surface area (Å²) in [6, 6.07) is 16.8. The van der Waals surface area contributed by atoms with Crippen LogP contribution in [0.2, 0.25) is 5.02 Å². The van der Waals surface area contributed by atoms with Gasteiger partial charge in [0.25, 0.3) is 11.5 Å². The highest BCUT2D eigenvalue weighted by molar-refractivity contribution is 6.30. The van der Waals surface area contributed by atoms with E-state index in [4.69, 9.17) is 16.3 Å². The third-order valence-electron chi connectivity index (χ3n) is 5.47. The zero-order valence-electron chi connectivity index (χ0n) is 16.9. The lowest BCUT2D eigenvalue weighted by Crippen LogP contribution is -2.50. The van der Waals surface area contributed by atoms with E-state index in [0.717, 1.165) is 29.7 Å². The summed E-state index contributed by atoms with van der Waals surface area (Å²) in [5, 5.41) is 1.54. The largest absolute Gasteiger partial charge is 0.483 e. The van der Waals surface area contributed by atoms with E-state index in [1.807, 2.05) is 60.4 Å². The Morgan fingerprint density at radius 1 is 1.03 bits per heavy atom. The number of carbonyl (C=O) groups excluding carboxylic acids is 1. The van der Waals surface area contributed by atoms with Gasteiger partial charge in [-0.2, -0.15) is 0 Å². The first-order valence-corrected chi connectivity index (χ1v) is 10.5. The number of hydrogen-bond donors (Lipinski definition) is 0. The summed E-state index contributed by atoms with van der Waals surface area (Å²) in [6.45, 7) is 5.19. The maximum Gasteiger partial charge on any atom is 0.260 e. The fourth-order valence-corrected chi connectivity index (χ4v) is 3.97. The van der Waals surface area contributed by atoms with Gasteiger partial charge in [-0.3, -0.25) is 9.59 Å². The molecule has 1 aliphatic heterocycles. The number of nitrogens with zero attached hydrogens (tertiary/aromatic N) is 3. The SMILES string of the molecule is CCn1c(=O)cc(OCC(=O)N2CCN(c3ccc(Cl)cc3)CC2)c2ccccc21. The van der Waals surface area contributed by atoms with Crippen molar-refractivity contribution in [2.75, 3.05) is 37.7 Å². The highest BCUT2D eigenvalue weighted by atomic mass is 35.5. The molecule has 156 valence electrons. The first kappa shape index (κ1) is 20.3. The van der Waals surface area contributed by atoms with Crippen LogP contribution >= 0.6 is 11.6 Å². The molecule has 0 N–H and O–H groups in total. The van der Waals surface area contributed by atoms with Gasteiger partial charge in [-0.1, -0.05) is 23.7 Å². The average molecular weight is 426 g/mol. The van der Waals surface area contributed by atoms with Crippen LogP contribution in [0, 0.1) is 0 Å². The molecule has 2 heterocycles. The molecule has 1 aliphatic rings. The zero-order chi connectivity index (χ0) is 21.1. The summed E-state index contributed by atoms with van der Waals surface area (Å²) in [7, 11) is 0. The number of hydrogen-bond acceptors (Lipinski definition) is 4. The number of benzene rings is 2. The molecular weight excluding hydrogens is 402 g/mol. The third kappa shape index (κ3) is 4.14. The summed E-state index contributed by atoms with van der Waals surface area (Å²) >= 11 is 5.96. The second-order valence-electron chi connectivity index (χ2n) is 7.24. The monoisotopic (exact) mass is 425 g/mol. The lowest BCUT2D eigenvalue weighted by molar-refractivity contribution is -0.133. The minimum Gasteiger partial charge on any atom is -0.483 e. The van der Waals surface area contributed by atoms with Crippen LogP contribution in [0.4, 0.5) is 5.69 Å². The second-order valence-corrected chi connectivity index (χ2v) is 7.68. The fraction of sp³-hybridized carbons (Fsp3) is 0.304. The molecule has 0 saturated carbocycles. The van der Waals surface area contributed by atoms with Gasteiger partial charge in [-0.15, -0.1) is 0 Å². The molecule has 0 unspecified atom stereocenters. The van der Waals surface area contributed by atoms with E-state index in [-0.39, 0.29) is 18.1 Å². The molecule has 0 bridgehead atoms. The maximum atomic E-state index is 12.7. The molecule has 1 fully saturated rings. The summed E-state index contributed by atoms with van der Waals surface area (Å²) in [5.41, 5.74) is 1.78. The zero-order valence-corrected chi connectivity index (χ0v) is 17.6. The van der Waals surface area contributed by atoms with Crippen LogP contribution < -0.4 is 15.2 Å². The Labute approximate surface area is 180 Å². The van der Waals surface area contributed by atoms with Crippen LogP contribution in [0.5, 0.6) is 5.75 Å². The van der Waals surface area contributed by atoms with Crippen molar-refractivity contribution in [3.05, 3.63) is 70.0 Å². The van der Waals surface area contributed by atoms with Crippen LogP contribution in [0.3, 0.4) is 0 Å². The Morgan fingerprint density at radius 3 is 2.43 bits per heavy atom. The molecule has 7 heteroatoms. The van der Waals surface area contributed by atoms with Crippen LogP contribution in [-0.2, 0) is 11.3 Å². The predicted molar refractivity (Wildman–Crippen MR) is 120 cm³/mol. The maximum absolute atomic E-state index is 12.7. The van der Waals surface area contributed by atoms with Gasteiger partial charge in [0.05, 0.1) is 5.52 Å². The molecule has 0 radical (unpaired) electrons. The van der Waals surface area contributed by atoms with Crippen molar-refractivity contribution in [3.63, 3.8) is 0 Å². The van der Waals surface area contributed by atoms with Gasteiger partial charge in [-0.25, -0.2) is 0 Å². The van der Waals surface area contributed by atoms with Crippen molar-refractivity contribution in [1.82, 2.24) is 9.47 Å². The molecule has 0 spiro atoms. The molecule has 3 aromatic rings. The normalized spacial score (nSPS) is 14.2. The molecule has 2 aromatic carbocycles. The first-order chi connectivity index (χ1) is 14.6. The minimum atomic E-state index is -0.129. The van der Waals surface area contributed by atoms with Crippen LogP contribution in [0.25, 0.3) is 10.9 Å². The van der Waals surface area contributed by atoms with E-state index in [2.05, 4.69) is 4.90 Å². The topological polar surface area (TPSA) is 54.8 Å². The van der Waals surface area contributed by atoms with Crippen LogP contribution in [0.1, 0.15) is 6.92 Å². The number of pyridine rings is 1. The predicted octanol–water partition coefficient (Wildman–Crippen LogP) is 3.40. The summed E-state index contributed by atoms with van der Waals surface area (Å²) in [6.07, 6.45) is 0. The Morgan fingerprint density at radius 2 is 1.73 bits per heavy atom. The number of aryl methyl sites for hydroxylation is 1. The van der Waals surface area contributed by atoms with Crippen molar-refractivity contribution in [1.29, 1.82) is 0 Å². The minimum absolute atomic E-state index is 0.0745. The third-order valence-corrected chi connectivity index (χ3v) is 5.72. The fourth-order valence-electron chi connectivity index (χ4n) is 3.85. The van der Waals surface area contributed by atoms with Crippen molar-refractivity contribution in [2.45, 2.75) is 13.5 Å². The highest BCUT2D eigenvalue weighted by Gasteiger charge is 2.22. The lowest BCUT2D eigenvalue weighted by Gasteiger charge is -2.36. The van der Waals surface area contributed by atoms with Crippen molar-refractivity contribution in [3.8, 4) is 5.75 Å². The molecule has 1 aromatic heterocycles.